The Morgan fingerprint density at radius 2 is 1.91 bits per heavy atom. The fourth-order valence-electron chi connectivity index (χ4n) is 2.12. The number of hydrogen-bond acceptors (Lipinski definition) is 5. The van der Waals surface area contributed by atoms with E-state index in [1.54, 1.807) is 12.3 Å². The molecule has 23 heavy (non-hydrogen) atoms. The lowest BCUT2D eigenvalue weighted by Gasteiger charge is -2.32. The van der Waals surface area contributed by atoms with Crippen molar-refractivity contribution in [2.75, 3.05) is 5.75 Å². The van der Waals surface area contributed by atoms with Gasteiger partial charge in [-0.1, -0.05) is 17.8 Å². The van der Waals surface area contributed by atoms with Crippen molar-refractivity contribution in [3.63, 3.8) is 0 Å². The summed E-state index contributed by atoms with van der Waals surface area (Å²) in [6, 6.07) is 3.30. The molecule has 2 heterocycles. The molecule has 0 unspecified atom stereocenters. The first-order chi connectivity index (χ1) is 10.6. The Morgan fingerprint density at radius 3 is 2.43 bits per heavy atom. The first-order valence-corrected chi connectivity index (χ1v) is 8.47. The van der Waals surface area contributed by atoms with Gasteiger partial charge in [-0.2, -0.15) is 0 Å². The summed E-state index contributed by atoms with van der Waals surface area (Å²) in [6.07, 6.45) is 3.45. The van der Waals surface area contributed by atoms with E-state index in [2.05, 4.69) is 4.98 Å². The molecule has 1 aromatic rings. The Bertz CT molecular complexity index is 665. The molecule has 5 nitrogen and oxygen atoms in total. The SMILES string of the molecule is CC(=O)SCC(=Cc1cc[nH]c(=O)c1)B1OC(C)(C)C(C)(C)O1. The Balaban J connectivity index is 2.32. The van der Waals surface area contributed by atoms with E-state index in [-0.39, 0.29) is 10.7 Å². The maximum atomic E-state index is 11.5. The molecule has 0 atom stereocenters. The highest BCUT2D eigenvalue weighted by atomic mass is 32.2. The van der Waals surface area contributed by atoms with Crippen molar-refractivity contribution in [3.05, 3.63) is 39.7 Å². The van der Waals surface area contributed by atoms with E-state index in [1.165, 1.54) is 24.8 Å². The quantitative estimate of drug-likeness (QED) is 0.857. The van der Waals surface area contributed by atoms with Gasteiger partial charge in [0.15, 0.2) is 5.12 Å². The molecule has 1 aromatic heterocycles. The normalized spacial score (nSPS) is 19.9. The molecule has 0 aliphatic carbocycles. The van der Waals surface area contributed by atoms with E-state index in [4.69, 9.17) is 9.31 Å². The van der Waals surface area contributed by atoms with Crippen molar-refractivity contribution in [1.29, 1.82) is 0 Å². The molecule has 1 N–H and O–H groups in total. The molecule has 7 heteroatoms. The average Bonchev–Trinajstić information content (AvgIpc) is 2.63. The molecule has 124 valence electrons. The van der Waals surface area contributed by atoms with Crippen molar-refractivity contribution in [2.45, 2.75) is 45.8 Å². The van der Waals surface area contributed by atoms with Gasteiger partial charge in [-0.05, 0) is 44.8 Å². The Hall–Kier alpha value is -1.31. The lowest BCUT2D eigenvalue weighted by molar-refractivity contribution is -0.109. The van der Waals surface area contributed by atoms with Crippen molar-refractivity contribution in [3.8, 4) is 0 Å². The van der Waals surface area contributed by atoms with E-state index in [0.29, 0.717) is 5.75 Å². The van der Waals surface area contributed by atoms with Crippen molar-refractivity contribution in [2.24, 2.45) is 0 Å². The topological polar surface area (TPSA) is 68.4 Å². The van der Waals surface area contributed by atoms with Gasteiger partial charge in [0.2, 0.25) is 5.56 Å². The monoisotopic (exact) mass is 335 g/mol. The summed E-state index contributed by atoms with van der Waals surface area (Å²) >= 11 is 1.20. The zero-order chi connectivity index (χ0) is 17.3. The van der Waals surface area contributed by atoms with Gasteiger partial charge in [-0.3, -0.25) is 9.59 Å². The van der Waals surface area contributed by atoms with Gasteiger partial charge in [-0.15, -0.1) is 0 Å². The molecule has 1 saturated heterocycles. The molecule has 0 radical (unpaired) electrons. The Kier molecular flexibility index (Phi) is 5.23. The van der Waals surface area contributed by atoms with Crippen LogP contribution in [0.2, 0.25) is 0 Å². The van der Waals surface area contributed by atoms with Crippen molar-refractivity contribution in [1.82, 2.24) is 4.98 Å². The van der Waals surface area contributed by atoms with Gasteiger partial charge in [0.25, 0.3) is 0 Å². The smallest absolute Gasteiger partial charge is 0.400 e. The third kappa shape index (κ3) is 4.37. The Morgan fingerprint density at radius 1 is 1.30 bits per heavy atom. The van der Waals surface area contributed by atoms with Gasteiger partial charge in [-0.25, -0.2) is 0 Å². The maximum Gasteiger partial charge on any atom is 0.491 e. The molecule has 0 spiro atoms. The number of thioether (sulfide) groups is 1. The summed E-state index contributed by atoms with van der Waals surface area (Å²) in [5, 5.41) is 0.0262. The lowest BCUT2D eigenvalue weighted by Crippen LogP contribution is -2.41. The zero-order valence-electron chi connectivity index (χ0n) is 14.1. The van der Waals surface area contributed by atoms with E-state index in [9.17, 15) is 9.59 Å². The van der Waals surface area contributed by atoms with Crippen LogP contribution in [-0.2, 0) is 14.1 Å². The third-order valence-electron chi connectivity index (χ3n) is 4.15. The molecular weight excluding hydrogens is 313 g/mol. The minimum Gasteiger partial charge on any atom is -0.400 e. The number of rotatable bonds is 4. The predicted octanol–water partition coefficient (Wildman–Crippen LogP) is 2.67. The van der Waals surface area contributed by atoms with E-state index in [1.807, 2.05) is 33.8 Å². The fourth-order valence-corrected chi connectivity index (χ4v) is 2.71. The summed E-state index contributed by atoms with van der Waals surface area (Å²) in [5.41, 5.74) is 0.501. The average molecular weight is 335 g/mol. The molecular formula is C16H22BNO4S. The third-order valence-corrected chi connectivity index (χ3v) is 5.03. The second kappa shape index (κ2) is 6.67. The second-order valence-electron chi connectivity index (χ2n) is 6.57. The van der Waals surface area contributed by atoms with Crippen LogP contribution in [0, 0.1) is 0 Å². The molecule has 1 aliphatic heterocycles. The highest BCUT2D eigenvalue weighted by Crippen LogP contribution is 2.39. The summed E-state index contributed by atoms with van der Waals surface area (Å²) in [4.78, 5) is 25.4. The number of carbonyl (C=O) groups excluding carboxylic acids is 1. The standard InChI is InChI=1S/C16H22BNO4S/c1-11(19)23-10-13(8-12-6-7-18-14(20)9-12)17-21-15(2,3)16(4,5)22-17/h6-9H,10H2,1-5H3,(H,18,20). The van der Waals surface area contributed by atoms with Gasteiger partial charge in [0, 0.05) is 24.9 Å². The number of nitrogens with one attached hydrogen (secondary N) is 1. The summed E-state index contributed by atoms with van der Waals surface area (Å²) in [5.74, 6) is 0.457. The minimum absolute atomic E-state index is 0.0262. The molecule has 0 saturated carbocycles. The predicted molar refractivity (Wildman–Crippen MR) is 94.3 cm³/mol. The van der Waals surface area contributed by atoms with Crippen molar-refractivity contribution >= 4 is 30.1 Å². The van der Waals surface area contributed by atoms with Crippen LogP contribution in [0.15, 0.2) is 28.6 Å². The number of hydrogen-bond donors (Lipinski definition) is 1. The van der Waals surface area contributed by atoms with Crippen LogP contribution in [0.3, 0.4) is 0 Å². The highest BCUT2D eigenvalue weighted by Gasteiger charge is 2.52. The van der Waals surface area contributed by atoms with Crippen LogP contribution in [0.1, 0.15) is 40.2 Å². The molecule has 1 fully saturated rings. The maximum absolute atomic E-state index is 11.5. The molecule has 0 bridgehead atoms. The minimum atomic E-state index is -0.536. The van der Waals surface area contributed by atoms with Gasteiger partial charge < -0.3 is 14.3 Å². The first kappa shape index (κ1) is 18.0. The molecule has 0 amide bonds. The van der Waals surface area contributed by atoms with Crippen LogP contribution in [-0.4, -0.2) is 34.2 Å². The lowest BCUT2D eigenvalue weighted by atomic mass is 9.78. The van der Waals surface area contributed by atoms with Crippen molar-refractivity contribution < 1.29 is 14.1 Å². The molecule has 2 rings (SSSR count). The second-order valence-corrected chi connectivity index (χ2v) is 7.73. The molecule has 0 aromatic carbocycles. The summed E-state index contributed by atoms with van der Waals surface area (Å²) in [6.45, 7) is 9.46. The Labute approximate surface area is 141 Å². The largest absolute Gasteiger partial charge is 0.491 e. The zero-order valence-corrected chi connectivity index (χ0v) is 15.0. The van der Waals surface area contributed by atoms with E-state index < -0.39 is 18.3 Å². The number of pyridine rings is 1. The van der Waals surface area contributed by atoms with E-state index >= 15 is 0 Å². The van der Waals surface area contributed by atoms with Crippen LogP contribution in [0.25, 0.3) is 6.08 Å². The fraction of sp³-hybridized carbons (Fsp3) is 0.500. The van der Waals surface area contributed by atoms with Crippen LogP contribution in [0.4, 0.5) is 0 Å². The van der Waals surface area contributed by atoms with Crippen LogP contribution in [0.5, 0.6) is 0 Å². The number of carbonyl (C=O) groups is 1. The van der Waals surface area contributed by atoms with Gasteiger partial charge in [0.1, 0.15) is 0 Å². The number of aromatic amines is 1. The highest BCUT2D eigenvalue weighted by molar-refractivity contribution is 8.13. The summed E-state index contributed by atoms with van der Waals surface area (Å²) in [7, 11) is -0.536. The van der Waals surface area contributed by atoms with Crippen LogP contribution >= 0.6 is 11.8 Å². The number of aromatic nitrogens is 1. The summed E-state index contributed by atoms with van der Waals surface area (Å²) < 4.78 is 12.1. The van der Waals surface area contributed by atoms with Gasteiger partial charge >= 0.3 is 7.12 Å². The van der Waals surface area contributed by atoms with Gasteiger partial charge in [0.05, 0.1) is 11.2 Å². The first-order valence-electron chi connectivity index (χ1n) is 7.49. The van der Waals surface area contributed by atoms with Crippen LogP contribution < -0.4 is 5.56 Å². The van der Waals surface area contributed by atoms with E-state index in [0.717, 1.165) is 11.0 Å². The molecule has 1 aliphatic rings. The number of H-pyrrole nitrogens is 1.